The molecule has 1 heterocycles. The van der Waals surface area contributed by atoms with Crippen LogP contribution in [0.2, 0.25) is 0 Å². The van der Waals surface area contributed by atoms with Gasteiger partial charge in [0.25, 0.3) is 0 Å². The maximum atomic E-state index is 12.5. The van der Waals surface area contributed by atoms with E-state index in [9.17, 15) is 4.79 Å². The fourth-order valence-electron chi connectivity index (χ4n) is 3.58. The average Bonchev–Trinajstić information content (AvgIpc) is 2.64. The highest BCUT2D eigenvalue weighted by Gasteiger charge is 2.42. The van der Waals surface area contributed by atoms with Gasteiger partial charge in [-0.2, -0.15) is 0 Å². The number of likely N-dealkylation sites (tertiary alicyclic amines) is 1. The largest absolute Gasteiger partial charge is 0.465 e. The summed E-state index contributed by atoms with van der Waals surface area (Å²) in [6, 6.07) is 0.497. The van der Waals surface area contributed by atoms with E-state index in [0.717, 1.165) is 32.4 Å². The first-order valence-electron chi connectivity index (χ1n) is 8.30. The van der Waals surface area contributed by atoms with Gasteiger partial charge in [-0.15, -0.1) is 0 Å². The van der Waals surface area contributed by atoms with Gasteiger partial charge in [-0.1, -0.05) is 19.3 Å². The summed E-state index contributed by atoms with van der Waals surface area (Å²) >= 11 is 0. The van der Waals surface area contributed by atoms with E-state index in [1.165, 1.54) is 32.1 Å². The second kappa shape index (κ2) is 7.41. The third-order valence-corrected chi connectivity index (χ3v) is 4.82. The summed E-state index contributed by atoms with van der Waals surface area (Å²) in [7, 11) is 2.14. The molecule has 0 spiro atoms. The van der Waals surface area contributed by atoms with Gasteiger partial charge in [-0.3, -0.25) is 10.1 Å². The third-order valence-electron chi connectivity index (χ3n) is 4.82. The number of esters is 1. The number of carbonyl (C=O) groups excluding carboxylic acids is 1. The van der Waals surface area contributed by atoms with Crippen molar-refractivity contribution in [3.05, 3.63) is 0 Å². The minimum absolute atomic E-state index is 0.0270. The maximum absolute atomic E-state index is 12.5. The molecule has 2 fully saturated rings. The fraction of sp³-hybridized carbons (Fsp3) is 0.938. The molecule has 0 radical (unpaired) electrons. The zero-order valence-corrected chi connectivity index (χ0v) is 13.1. The van der Waals surface area contributed by atoms with Crippen LogP contribution in [0.1, 0.15) is 58.3 Å². The molecule has 0 aromatic carbocycles. The summed E-state index contributed by atoms with van der Waals surface area (Å²) in [5.74, 6) is -0.0270. The molecule has 4 heteroatoms. The first-order valence-corrected chi connectivity index (χ1v) is 8.30. The number of carbonyl (C=O) groups is 1. The normalized spacial score (nSPS) is 29.9. The zero-order valence-electron chi connectivity index (χ0n) is 13.1. The van der Waals surface area contributed by atoms with Crippen LogP contribution in [0.4, 0.5) is 0 Å². The van der Waals surface area contributed by atoms with Crippen LogP contribution in [0.25, 0.3) is 0 Å². The summed E-state index contributed by atoms with van der Waals surface area (Å²) in [6.07, 6.45) is 9.18. The number of nitrogens with one attached hydrogen (secondary N) is 1. The lowest BCUT2D eigenvalue weighted by atomic mass is 9.86. The van der Waals surface area contributed by atoms with E-state index >= 15 is 0 Å². The van der Waals surface area contributed by atoms with Crippen molar-refractivity contribution in [2.75, 3.05) is 26.7 Å². The standard InChI is InChI=1S/C16H30N2O2/c1-3-20-15(19)16(10-7-12-18(2)13-11-16)17-14-8-5-4-6-9-14/h14,17H,3-13H2,1-2H3. The summed E-state index contributed by atoms with van der Waals surface area (Å²) in [5.41, 5.74) is -0.442. The molecule has 2 aliphatic rings. The van der Waals surface area contributed by atoms with Crippen molar-refractivity contribution < 1.29 is 9.53 Å². The lowest BCUT2D eigenvalue weighted by Gasteiger charge is -2.37. The first-order chi connectivity index (χ1) is 9.66. The lowest BCUT2D eigenvalue weighted by molar-refractivity contribution is -0.152. The smallest absolute Gasteiger partial charge is 0.326 e. The van der Waals surface area contributed by atoms with Crippen LogP contribution >= 0.6 is 0 Å². The van der Waals surface area contributed by atoms with Crippen LogP contribution in [0.3, 0.4) is 0 Å². The Morgan fingerprint density at radius 3 is 2.65 bits per heavy atom. The summed E-state index contributed by atoms with van der Waals surface area (Å²) in [5, 5.41) is 3.72. The topological polar surface area (TPSA) is 41.6 Å². The minimum Gasteiger partial charge on any atom is -0.465 e. The van der Waals surface area contributed by atoms with Gasteiger partial charge < -0.3 is 9.64 Å². The molecule has 0 amide bonds. The molecule has 1 atom stereocenters. The van der Waals surface area contributed by atoms with Crippen molar-refractivity contribution >= 4 is 5.97 Å². The molecule has 1 aliphatic heterocycles. The molecule has 4 nitrogen and oxygen atoms in total. The molecule has 116 valence electrons. The monoisotopic (exact) mass is 282 g/mol. The highest BCUT2D eigenvalue weighted by atomic mass is 16.5. The first kappa shape index (κ1) is 15.8. The second-order valence-corrected chi connectivity index (χ2v) is 6.44. The SMILES string of the molecule is CCOC(=O)C1(NC2CCCCC2)CCCN(C)CC1. The van der Waals surface area contributed by atoms with Gasteiger partial charge in [-0.25, -0.2) is 0 Å². The van der Waals surface area contributed by atoms with E-state index in [1.54, 1.807) is 0 Å². The van der Waals surface area contributed by atoms with Gasteiger partial charge in [-0.05, 0) is 52.6 Å². The molecule has 0 aromatic rings. The van der Waals surface area contributed by atoms with Crippen molar-refractivity contribution in [2.24, 2.45) is 0 Å². The van der Waals surface area contributed by atoms with Gasteiger partial charge >= 0.3 is 5.97 Å². The number of nitrogens with zero attached hydrogens (tertiary/aromatic N) is 1. The molecule has 1 saturated carbocycles. The molecular weight excluding hydrogens is 252 g/mol. The van der Waals surface area contributed by atoms with Crippen LogP contribution in [0.5, 0.6) is 0 Å². The highest BCUT2D eigenvalue weighted by Crippen LogP contribution is 2.28. The van der Waals surface area contributed by atoms with Crippen molar-refractivity contribution in [1.29, 1.82) is 0 Å². The Morgan fingerprint density at radius 1 is 1.20 bits per heavy atom. The van der Waals surface area contributed by atoms with Crippen molar-refractivity contribution in [3.63, 3.8) is 0 Å². The van der Waals surface area contributed by atoms with Gasteiger partial charge in [0, 0.05) is 12.6 Å². The van der Waals surface area contributed by atoms with Crippen molar-refractivity contribution in [3.8, 4) is 0 Å². The number of hydrogen-bond donors (Lipinski definition) is 1. The lowest BCUT2D eigenvalue weighted by Crippen LogP contribution is -2.57. The Hall–Kier alpha value is -0.610. The van der Waals surface area contributed by atoms with E-state index < -0.39 is 5.54 Å². The van der Waals surface area contributed by atoms with Crippen molar-refractivity contribution in [1.82, 2.24) is 10.2 Å². The predicted molar refractivity (Wildman–Crippen MR) is 80.7 cm³/mol. The third kappa shape index (κ3) is 3.95. The quantitative estimate of drug-likeness (QED) is 0.804. The molecule has 2 rings (SSSR count). The predicted octanol–water partition coefficient (Wildman–Crippen LogP) is 2.33. The molecule has 20 heavy (non-hydrogen) atoms. The molecule has 1 N–H and O–H groups in total. The van der Waals surface area contributed by atoms with Gasteiger partial charge in [0.15, 0.2) is 0 Å². The average molecular weight is 282 g/mol. The molecule has 1 aliphatic carbocycles. The molecule has 0 bridgehead atoms. The maximum Gasteiger partial charge on any atom is 0.326 e. The summed E-state index contributed by atoms with van der Waals surface area (Å²) in [4.78, 5) is 14.9. The van der Waals surface area contributed by atoms with E-state index in [-0.39, 0.29) is 5.97 Å². The van der Waals surface area contributed by atoms with Crippen LogP contribution in [0.15, 0.2) is 0 Å². The van der Waals surface area contributed by atoms with Crippen LogP contribution in [0, 0.1) is 0 Å². The minimum atomic E-state index is -0.442. The zero-order chi connectivity index (χ0) is 14.4. The Labute approximate surface area is 123 Å². The number of ether oxygens (including phenoxy) is 1. The molecular formula is C16H30N2O2. The molecule has 1 saturated heterocycles. The van der Waals surface area contributed by atoms with Crippen molar-refractivity contribution in [2.45, 2.75) is 69.9 Å². The van der Waals surface area contributed by atoms with Gasteiger partial charge in [0.05, 0.1) is 6.61 Å². The Bertz CT molecular complexity index is 316. The van der Waals surface area contributed by atoms with Gasteiger partial charge in [0.2, 0.25) is 0 Å². The Morgan fingerprint density at radius 2 is 1.95 bits per heavy atom. The van der Waals surface area contributed by atoms with Crippen LogP contribution < -0.4 is 5.32 Å². The summed E-state index contributed by atoms with van der Waals surface area (Å²) < 4.78 is 5.40. The molecule has 1 unspecified atom stereocenters. The molecule has 0 aromatic heterocycles. The Kier molecular flexibility index (Phi) is 5.85. The number of hydrogen-bond acceptors (Lipinski definition) is 4. The van der Waals surface area contributed by atoms with Gasteiger partial charge in [0.1, 0.15) is 5.54 Å². The van der Waals surface area contributed by atoms with Crippen LogP contribution in [-0.4, -0.2) is 49.2 Å². The summed E-state index contributed by atoms with van der Waals surface area (Å²) in [6.45, 7) is 4.42. The highest BCUT2D eigenvalue weighted by molar-refractivity contribution is 5.81. The van der Waals surface area contributed by atoms with E-state index in [4.69, 9.17) is 4.74 Å². The number of rotatable bonds is 4. The van der Waals surface area contributed by atoms with E-state index in [2.05, 4.69) is 17.3 Å². The fourth-order valence-corrected chi connectivity index (χ4v) is 3.58. The van der Waals surface area contributed by atoms with E-state index in [0.29, 0.717) is 12.6 Å². The van der Waals surface area contributed by atoms with Crippen LogP contribution in [-0.2, 0) is 9.53 Å². The second-order valence-electron chi connectivity index (χ2n) is 6.44. The van der Waals surface area contributed by atoms with E-state index in [1.807, 2.05) is 6.92 Å². The Balaban J connectivity index is 2.07.